The molecule has 1 aromatic carbocycles. The zero-order chi connectivity index (χ0) is 12.7. The van der Waals surface area contributed by atoms with E-state index < -0.39 is 0 Å². The van der Waals surface area contributed by atoms with Gasteiger partial charge in [0.05, 0.1) is 0 Å². The molecular weight excluding hydrogens is 216 g/mol. The SMILES string of the molecule is CCc1ccc(OCC(=O)N(C)CCN)cc1. The average Bonchev–Trinajstić information content (AvgIpc) is 2.36. The van der Waals surface area contributed by atoms with E-state index >= 15 is 0 Å². The molecule has 1 aromatic rings. The van der Waals surface area contributed by atoms with Crippen LogP contribution in [0, 0.1) is 0 Å². The molecular formula is C13H20N2O2. The minimum Gasteiger partial charge on any atom is -0.484 e. The number of carbonyl (C=O) groups excluding carboxylic acids is 1. The van der Waals surface area contributed by atoms with Gasteiger partial charge in [0.25, 0.3) is 5.91 Å². The molecule has 0 aliphatic carbocycles. The van der Waals surface area contributed by atoms with Crippen LogP contribution in [-0.2, 0) is 11.2 Å². The fourth-order valence-corrected chi connectivity index (χ4v) is 1.39. The highest BCUT2D eigenvalue weighted by molar-refractivity contribution is 5.77. The summed E-state index contributed by atoms with van der Waals surface area (Å²) in [5.41, 5.74) is 6.63. The van der Waals surface area contributed by atoms with Crippen LogP contribution in [0.5, 0.6) is 5.75 Å². The summed E-state index contributed by atoms with van der Waals surface area (Å²) < 4.78 is 5.40. The second-order valence-electron chi connectivity index (χ2n) is 3.89. The fraction of sp³-hybridized carbons (Fsp3) is 0.462. The van der Waals surface area contributed by atoms with Crippen LogP contribution in [0.15, 0.2) is 24.3 Å². The molecule has 1 rings (SSSR count). The van der Waals surface area contributed by atoms with E-state index in [0.717, 1.165) is 12.2 Å². The minimum absolute atomic E-state index is 0.0575. The Bertz CT molecular complexity index is 349. The van der Waals surface area contributed by atoms with E-state index in [-0.39, 0.29) is 12.5 Å². The van der Waals surface area contributed by atoms with E-state index in [2.05, 4.69) is 6.92 Å². The molecule has 0 fully saturated rings. The van der Waals surface area contributed by atoms with Crippen molar-refractivity contribution in [1.29, 1.82) is 0 Å². The van der Waals surface area contributed by atoms with Crippen LogP contribution in [0.4, 0.5) is 0 Å². The summed E-state index contributed by atoms with van der Waals surface area (Å²) in [4.78, 5) is 13.1. The van der Waals surface area contributed by atoms with Crippen molar-refractivity contribution in [2.75, 3.05) is 26.7 Å². The Morgan fingerprint density at radius 2 is 2.00 bits per heavy atom. The number of benzene rings is 1. The van der Waals surface area contributed by atoms with Gasteiger partial charge in [-0.05, 0) is 24.1 Å². The largest absolute Gasteiger partial charge is 0.484 e. The summed E-state index contributed by atoms with van der Waals surface area (Å²) in [6.07, 6.45) is 0.998. The van der Waals surface area contributed by atoms with Gasteiger partial charge in [-0.3, -0.25) is 4.79 Å². The van der Waals surface area contributed by atoms with Crippen LogP contribution in [0.1, 0.15) is 12.5 Å². The second kappa shape index (κ2) is 6.91. The van der Waals surface area contributed by atoms with E-state index in [9.17, 15) is 4.79 Å². The third kappa shape index (κ3) is 4.44. The Morgan fingerprint density at radius 3 is 2.53 bits per heavy atom. The van der Waals surface area contributed by atoms with Crippen molar-refractivity contribution in [2.45, 2.75) is 13.3 Å². The molecule has 0 aliphatic rings. The lowest BCUT2D eigenvalue weighted by molar-refractivity contribution is -0.131. The van der Waals surface area contributed by atoms with Crippen LogP contribution in [-0.4, -0.2) is 37.6 Å². The first-order valence-corrected chi connectivity index (χ1v) is 5.83. The third-order valence-electron chi connectivity index (χ3n) is 2.58. The first kappa shape index (κ1) is 13.5. The van der Waals surface area contributed by atoms with Gasteiger partial charge >= 0.3 is 0 Å². The van der Waals surface area contributed by atoms with Crippen molar-refractivity contribution in [3.8, 4) is 5.75 Å². The zero-order valence-electron chi connectivity index (χ0n) is 10.5. The lowest BCUT2D eigenvalue weighted by Crippen LogP contribution is -2.35. The predicted molar refractivity (Wildman–Crippen MR) is 68.0 cm³/mol. The van der Waals surface area contributed by atoms with Gasteiger partial charge in [-0.25, -0.2) is 0 Å². The Kier molecular flexibility index (Phi) is 5.49. The molecule has 2 N–H and O–H groups in total. The van der Waals surface area contributed by atoms with Crippen LogP contribution >= 0.6 is 0 Å². The smallest absolute Gasteiger partial charge is 0.260 e. The molecule has 4 heteroatoms. The number of hydrogen-bond donors (Lipinski definition) is 1. The molecule has 0 saturated heterocycles. The first-order valence-electron chi connectivity index (χ1n) is 5.83. The van der Waals surface area contributed by atoms with Crippen molar-refractivity contribution >= 4 is 5.91 Å². The standard InChI is InChI=1S/C13H20N2O2/c1-3-11-4-6-12(7-5-11)17-10-13(16)15(2)9-8-14/h4-7H,3,8-10,14H2,1-2H3. The van der Waals surface area contributed by atoms with Gasteiger partial charge in [-0.2, -0.15) is 0 Å². The minimum atomic E-state index is -0.0602. The van der Waals surface area contributed by atoms with E-state index in [1.807, 2.05) is 24.3 Å². The number of amides is 1. The van der Waals surface area contributed by atoms with E-state index in [1.165, 1.54) is 5.56 Å². The van der Waals surface area contributed by atoms with Gasteiger partial charge in [0.2, 0.25) is 0 Å². The Labute approximate surface area is 102 Å². The molecule has 0 unspecified atom stereocenters. The van der Waals surface area contributed by atoms with E-state index in [4.69, 9.17) is 10.5 Å². The molecule has 1 amide bonds. The van der Waals surface area contributed by atoms with Gasteiger partial charge in [0.1, 0.15) is 5.75 Å². The van der Waals surface area contributed by atoms with Crippen LogP contribution in [0.2, 0.25) is 0 Å². The molecule has 0 bridgehead atoms. The summed E-state index contributed by atoms with van der Waals surface area (Å²) in [6, 6.07) is 7.77. The molecule has 0 heterocycles. The topological polar surface area (TPSA) is 55.6 Å². The molecule has 0 atom stereocenters. The number of hydrogen-bond acceptors (Lipinski definition) is 3. The number of ether oxygens (including phenoxy) is 1. The molecule has 94 valence electrons. The summed E-state index contributed by atoms with van der Waals surface area (Å²) in [5, 5.41) is 0. The maximum absolute atomic E-state index is 11.6. The predicted octanol–water partition coefficient (Wildman–Crippen LogP) is 1.04. The van der Waals surface area contributed by atoms with E-state index in [0.29, 0.717) is 13.1 Å². The van der Waals surface area contributed by atoms with Gasteiger partial charge in [-0.15, -0.1) is 0 Å². The number of nitrogens with zero attached hydrogens (tertiary/aromatic N) is 1. The fourth-order valence-electron chi connectivity index (χ4n) is 1.39. The highest BCUT2D eigenvalue weighted by Crippen LogP contribution is 2.12. The van der Waals surface area contributed by atoms with Crippen molar-refractivity contribution in [1.82, 2.24) is 4.90 Å². The quantitative estimate of drug-likeness (QED) is 0.803. The summed E-state index contributed by atoms with van der Waals surface area (Å²) in [6.45, 7) is 3.17. The van der Waals surface area contributed by atoms with Crippen LogP contribution in [0.3, 0.4) is 0 Å². The summed E-state index contributed by atoms with van der Waals surface area (Å²) in [5.74, 6) is 0.659. The molecule has 0 saturated carbocycles. The summed E-state index contributed by atoms with van der Waals surface area (Å²) >= 11 is 0. The third-order valence-corrected chi connectivity index (χ3v) is 2.58. The Hall–Kier alpha value is -1.55. The Balaban J connectivity index is 2.41. The number of nitrogens with two attached hydrogens (primary N) is 1. The average molecular weight is 236 g/mol. The van der Waals surface area contributed by atoms with Crippen molar-refractivity contribution in [2.24, 2.45) is 5.73 Å². The Morgan fingerprint density at radius 1 is 1.35 bits per heavy atom. The number of rotatable bonds is 6. The number of carbonyl (C=O) groups is 1. The first-order chi connectivity index (χ1) is 8.17. The maximum Gasteiger partial charge on any atom is 0.260 e. The summed E-state index contributed by atoms with van der Waals surface area (Å²) in [7, 11) is 1.72. The normalized spacial score (nSPS) is 10.1. The van der Waals surface area contributed by atoms with Crippen LogP contribution < -0.4 is 10.5 Å². The molecule has 0 radical (unpaired) electrons. The molecule has 0 aromatic heterocycles. The van der Waals surface area contributed by atoms with Gasteiger partial charge < -0.3 is 15.4 Å². The lowest BCUT2D eigenvalue weighted by atomic mass is 10.2. The molecule has 17 heavy (non-hydrogen) atoms. The van der Waals surface area contributed by atoms with Gasteiger partial charge in [0.15, 0.2) is 6.61 Å². The van der Waals surface area contributed by atoms with Crippen molar-refractivity contribution in [3.05, 3.63) is 29.8 Å². The van der Waals surface area contributed by atoms with Crippen molar-refractivity contribution in [3.63, 3.8) is 0 Å². The molecule has 0 spiro atoms. The maximum atomic E-state index is 11.6. The van der Waals surface area contributed by atoms with Gasteiger partial charge in [0, 0.05) is 20.1 Å². The van der Waals surface area contributed by atoms with Crippen molar-refractivity contribution < 1.29 is 9.53 Å². The van der Waals surface area contributed by atoms with E-state index in [1.54, 1.807) is 11.9 Å². The molecule has 4 nitrogen and oxygen atoms in total. The monoisotopic (exact) mass is 236 g/mol. The molecule has 0 aliphatic heterocycles. The highest BCUT2D eigenvalue weighted by Gasteiger charge is 2.08. The zero-order valence-corrected chi connectivity index (χ0v) is 10.5. The lowest BCUT2D eigenvalue weighted by Gasteiger charge is -2.16. The van der Waals surface area contributed by atoms with Crippen LogP contribution in [0.25, 0.3) is 0 Å². The van der Waals surface area contributed by atoms with Gasteiger partial charge in [-0.1, -0.05) is 19.1 Å². The second-order valence-corrected chi connectivity index (χ2v) is 3.89. The number of likely N-dealkylation sites (N-methyl/N-ethyl adjacent to an activating group) is 1. The highest BCUT2D eigenvalue weighted by atomic mass is 16.5. The number of aryl methyl sites for hydroxylation is 1.